The monoisotopic (exact) mass is 295 g/mol. The van der Waals surface area contributed by atoms with Gasteiger partial charge < -0.3 is 9.53 Å². The molecule has 1 unspecified atom stereocenters. The van der Waals surface area contributed by atoms with Crippen LogP contribution in [-0.2, 0) is 9.53 Å². The van der Waals surface area contributed by atoms with E-state index in [-0.39, 0.29) is 6.04 Å². The molecule has 0 fully saturated rings. The molecule has 0 N–H and O–H groups in total. The fraction of sp³-hybridized carbons (Fsp3) is 0.500. The summed E-state index contributed by atoms with van der Waals surface area (Å²) in [5.74, 6) is -0.452. The Morgan fingerprint density at radius 3 is 2.38 bits per heavy atom. The van der Waals surface area contributed by atoms with E-state index < -0.39 is 23.6 Å². The molecule has 116 valence electrons. The van der Waals surface area contributed by atoms with Gasteiger partial charge in [-0.05, 0) is 52.3 Å². The first-order valence-corrected chi connectivity index (χ1v) is 6.88. The fourth-order valence-corrected chi connectivity index (χ4v) is 1.96. The molecule has 0 bridgehead atoms. The summed E-state index contributed by atoms with van der Waals surface area (Å²) in [5.41, 5.74) is -0.246. The van der Waals surface area contributed by atoms with Gasteiger partial charge >= 0.3 is 6.09 Å². The topological polar surface area (TPSA) is 46.6 Å². The molecule has 21 heavy (non-hydrogen) atoms. The number of benzene rings is 1. The SMILES string of the molecule is CC(C)N(C(=O)OC(C)(C)C)C(C=O)c1cccc(F)c1. The minimum Gasteiger partial charge on any atom is -0.444 e. The normalized spacial score (nSPS) is 12.9. The number of rotatable bonds is 4. The number of nitrogens with zero attached hydrogens (tertiary/aromatic N) is 1. The lowest BCUT2D eigenvalue weighted by Crippen LogP contribution is -2.43. The molecule has 5 heteroatoms. The maximum Gasteiger partial charge on any atom is 0.411 e. The van der Waals surface area contributed by atoms with Gasteiger partial charge in [-0.3, -0.25) is 4.90 Å². The van der Waals surface area contributed by atoms with Crippen molar-refractivity contribution in [2.75, 3.05) is 0 Å². The molecule has 1 amide bonds. The lowest BCUT2D eigenvalue weighted by Gasteiger charge is -2.34. The molecule has 0 aromatic heterocycles. The van der Waals surface area contributed by atoms with Crippen molar-refractivity contribution in [2.45, 2.75) is 52.3 Å². The van der Waals surface area contributed by atoms with E-state index >= 15 is 0 Å². The number of carbonyl (C=O) groups excluding carboxylic acids is 2. The third-order valence-corrected chi connectivity index (χ3v) is 2.78. The molecule has 1 atom stereocenters. The van der Waals surface area contributed by atoms with E-state index in [2.05, 4.69) is 0 Å². The largest absolute Gasteiger partial charge is 0.444 e. The van der Waals surface area contributed by atoms with Gasteiger partial charge in [0.15, 0.2) is 0 Å². The van der Waals surface area contributed by atoms with Crippen LogP contribution in [0.15, 0.2) is 24.3 Å². The lowest BCUT2D eigenvalue weighted by molar-refractivity contribution is -0.113. The highest BCUT2D eigenvalue weighted by molar-refractivity contribution is 5.75. The van der Waals surface area contributed by atoms with Crippen LogP contribution in [-0.4, -0.2) is 28.9 Å². The van der Waals surface area contributed by atoms with Crippen molar-refractivity contribution in [2.24, 2.45) is 0 Å². The fourth-order valence-electron chi connectivity index (χ4n) is 1.96. The molecular weight excluding hydrogens is 273 g/mol. The smallest absolute Gasteiger partial charge is 0.411 e. The maximum atomic E-state index is 13.3. The highest BCUT2D eigenvalue weighted by atomic mass is 19.1. The summed E-state index contributed by atoms with van der Waals surface area (Å²) in [6.45, 7) is 8.81. The van der Waals surface area contributed by atoms with Crippen LogP contribution in [0.4, 0.5) is 9.18 Å². The molecule has 1 rings (SSSR count). The first kappa shape index (κ1) is 17.1. The Bertz CT molecular complexity index is 508. The van der Waals surface area contributed by atoms with Crippen LogP contribution in [0.25, 0.3) is 0 Å². The summed E-state index contributed by atoms with van der Waals surface area (Å²) < 4.78 is 18.7. The zero-order valence-corrected chi connectivity index (χ0v) is 13.1. The molecule has 0 aliphatic rings. The molecule has 0 heterocycles. The van der Waals surface area contributed by atoms with E-state index in [1.54, 1.807) is 40.7 Å². The number of halogens is 1. The van der Waals surface area contributed by atoms with Gasteiger partial charge in [0.05, 0.1) is 0 Å². The highest BCUT2D eigenvalue weighted by Gasteiger charge is 2.31. The van der Waals surface area contributed by atoms with Gasteiger partial charge in [0.25, 0.3) is 0 Å². The van der Waals surface area contributed by atoms with Crippen molar-refractivity contribution < 1.29 is 18.7 Å². The van der Waals surface area contributed by atoms with Gasteiger partial charge in [0.2, 0.25) is 0 Å². The van der Waals surface area contributed by atoms with Crippen LogP contribution in [0.3, 0.4) is 0 Å². The van der Waals surface area contributed by atoms with E-state index in [1.165, 1.54) is 23.1 Å². The van der Waals surface area contributed by atoms with Crippen LogP contribution in [0, 0.1) is 5.82 Å². The van der Waals surface area contributed by atoms with Crippen LogP contribution < -0.4 is 0 Å². The Kier molecular flexibility index (Phi) is 5.47. The Morgan fingerprint density at radius 2 is 1.95 bits per heavy atom. The molecule has 0 spiro atoms. The van der Waals surface area contributed by atoms with Gasteiger partial charge in [0, 0.05) is 6.04 Å². The summed E-state index contributed by atoms with van der Waals surface area (Å²) in [6, 6.07) is 4.52. The molecule has 1 aromatic rings. The summed E-state index contributed by atoms with van der Waals surface area (Å²) in [6.07, 6.45) is 0.0254. The van der Waals surface area contributed by atoms with Crippen molar-refractivity contribution in [3.05, 3.63) is 35.6 Å². The Morgan fingerprint density at radius 1 is 1.33 bits per heavy atom. The molecule has 0 saturated heterocycles. The molecule has 0 aliphatic heterocycles. The predicted molar refractivity (Wildman–Crippen MR) is 78.4 cm³/mol. The highest BCUT2D eigenvalue weighted by Crippen LogP contribution is 2.24. The predicted octanol–water partition coefficient (Wildman–Crippen LogP) is 3.71. The van der Waals surface area contributed by atoms with Crippen molar-refractivity contribution in [3.63, 3.8) is 0 Å². The van der Waals surface area contributed by atoms with E-state index in [0.717, 1.165) is 0 Å². The molecule has 0 aliphatic carbocycles. The quantitative estimate of drug-likeness (QED) is 0.795. The summed E-state index contributed by atoms with van der Waals surface area (Å²) in [7, 11) is 0. The van der Waals surface area contributed by atoms with Crippen molar-refractivity contribution in [3.8, 4) is 0 Å². The van der Waals surface area contributed by atoms with Crippen LogP contribution in [0.2, 0.25) is 0 Å². The Balaban J connectivity index is 3.12. The maximum absolute atomic E-state index is 13.3. The lowest BCUT2D eigenvalue weighted by atomic mass is 10.1. The van der Waals surface area contributed by atoms with Crippen LogP contribution in [0.5, 0.6) is 0 Å². The van der Waals surface area contributed by atoms with E-state index in [4.69, 9.17) is 4.74 Å². The molecule has 0 radical (unpaired) electrons. The summed E-state index contributed by atoms with van der Waals surface area (Å²) >= 11 is 0. The molecular formula is C16H22FNO3. The second kappa shape index (κ2) is 6.70. The Hall–Kier alpha value is -1.91. The summed E-state index contributed by atoms with van der Waals surface area (Å²) in [4.78, 5) is 25.1. The number of carbonyl (C=O) groups is 2. The first-order chi connectivity index (χ1) is 9.65. The van der Waals surface area contributed by atoms with Gasteiger partial charge in [-0.25, -0.2) is 9.18 Å². The van der Waals surface area contributed by atoms with E-state index in [9.17, 15) is 14.0 Å². The van der Waals surface area contributed by atoms with Crippen LogP contribution >= 0.6 is 0 Å². The molecule has 0 saturated carbocycles. The third kappa shape index (κ3) is 4.85. The minimum atomic E-state index is -0.879. The second-order valence-electron chi connectivity index (χ2n) is 6.12. The summed E-state index contributed by atoms with van der Waals surface area (Å²) in [5, 5.41) is 0. The van der Waals surface area contributed by atoms with E-state index in [1.807, 2.05) is 0 Å². The van der Waals surface area contributed by atoms with Gasteiger partial charge in [-0.2, -0.15) is 0 Å². The van der Waals surface area contributed by atoms with Crippen LogP contribution in [0.1, 0.15) is 46.2 Å². The number of aldehydes is 1. The average molecular weight is 295 g/mol. The molecule has 4 nitrogen and oxygen atoms in total. The number of hydrogen-bond donors (Lipinski definition) is 0. The minimum absolute atomic E-state index is 0.265. The first-order valence-electron chi connectivity index (χ1n) is 6.88. The zero-order chi connectivity index (χ0) is 16.2. The standard InChI is InChI=1S/C16H22FNO3/c1-11(2)18(15(20)21-16(3,4)5)14(10-19)12-7-6-8-13(17)9-12/h6-11,14H,1-5H3. The van der Waals surface area contributed by atoms with Crippen molar-refractivity contribution >= 4 is 12.4 Å². The van der Waals surface area contributed by atoms with Crippen molar-refractivity contribution in [1.29, 1.82) is 0 Å². The zero-order valence-electron chi connectivity index (χ0n) is 13.1. The number of ether oxygens (including phenoxy) is 1. The van der Waals surface area contributed by atoms with Gasteiger partial charge in [0.1, 0.15) is 23.7 Å². The number of hydrogen-bond acceptors (Lipinski definition) is 3. The number of amides is 1. The van der Waals surface area contributed by atoms with E-state index in [0.29, 0.717) is 11.8 Å². The average Bonchev–Trinajstić information content (AvgIpc) is 2.32. The third-order valence-electron chi connectivity index (χ3n) is 2.78. The van der Waals surface area contributed by atoms with Crippen molar-refractivity contribution in [1.82, 2.24) is 4.90 Å². The second-order valence-corrected chi connectivity index (χ2v) is 6.12. The van der Waals surface area contributed by atoms with Gasteiger partial charge in [-0.1, -0.05) is 12.1 Å². The van der Waals surface area contributed by atoms with Gasteiger partial charge in [-0.15, -0.1) is 0 Å². The molecule has 1 aromatic carbocycles. The Labute approximate surface area is 124 Å².